The van der Waals surface area contributed by atoms with E-state index in [1.807, 2.05) is 38.2 Å². The SMILES string of the molecule is CCC1NC(c2ccccc2OC)N(C)C1=O. The van der Waals surface area contributed by atoms with Gasteiger partial charge in [-0.25, -0.2) is 0 Å². The van der Waals surface area contributed by atoms with Gasteiger partial charge < -0.3 is 9.64 Å². The molecule has 0 aromatic heterocycles. The Morgan fingerprint density at radius 3 is 2.71 bits per heavy atom. The number of para-hydroxylation sites is 1. The summed E-state index contributed by atoms with van der Waals surface area (Å²) in [4.78, 5) is 13.7. The number of ether oxygens (including phenoxy) is 1. The summed E-state index contributed by atoms with van der Waals surface area (Å²) < 4.78 is 5.33. The summed E-state index contributed by atoms with van der Waals surface area (Å²) in [6.07, 6.45) is 0.707. The van der Waals surface area contributed by atoms with E-state index in [0.717, 1.165) is 17.7 Å². The van der Waals surface area contributed by atoms with Crippen LogP contribution in [0.15, 0.2) is 24.3 Å². The number of hydrogen-bond donors (Lipinski definition) is 1. The fourth-order valence-corrected chi connectivity index (χ4v) is 2.23. The molecule has 1 heterocycles. The van der Waals surface area contributed by atoms with Crippen LogP contribution >= 0.6 is 0 Å². The summed E-state index contributed by atoms with van der Waals surface area (Å²) in [6.45, 7) is 2.01. The summed E-state index contributed by atoms with van der Waals surface area (Å²) in [5, 5.41) is 3.33. The maximum atomic E-state index is 11.9. The first-order valence-corrected chi connectivity index (χ1v) is 5.84. The van der Waals surface area contributed by atoms with Crippen molar-refractivity contribution in [1.82, 2.24) is 10.2 Å². The number of carbonyl (C=O) groups excluding carboxylic acids is 1. The van der Waals surface area contributed by atoms with Gasteiger partial charge in [-0.05, 0) is 12.5 Å². The number of hydrogen-bond acceptors (Lipinski definition) is 3. The number of rotatable bonds is 3. The van der Waals surface area contributed by atoms with Crippen molar-refractivity contribution in [2.45, 2.75) is 25.6 Å². The van der Waals surface area contributed by atoms with Gasteiger partial charge in [0, 0.05) is 12.6 Å². The molecular weight excluding hydrogens is 216 g/mol. The molecule has 2 unspecified atom stereocenters. The van der Waals surface area contributed by atoms with Gasteiger partial charge in [-0.15, -0.1) is 0 Å². The summed E-state index contributed by atoms with van der Waals surface area (Å²) >= 11 is 0. The van der Waals surface area contributed by atoms with E-state index in [0.29, 0.717) is 0 Å². The van der Waals surface area contributed by atoms with Crippen LogP contribution in [-0.2, 0) is 4.79 Å². The second-order valence-corrected chi connectivity index (χ2v) is 4.22. The van der Waals surface area contributed by atoms with Crippen LogP contribution in [0.1, 0.15) is 25.1 Å². The maximum absolute atomic E-state index is 11.9. The van der Waals surface area contributed by atoms with Crippen molar-refractivity contribution in [3.8, 4) is 5.75 Å². The summed E-state index contributed by atoms with van der Waals surface area (Å²) in [5.41, 5.74) is 1.00. The smallest absolute Gasteiger partial charge is 0.241 e. The van der Waals surface area contributed by atoms with Gasteiger partial charge in [-0.2, -0.15) is 0 Å². The van der Waals surface area contributed by atoms with Crippen LogP contribution in [0.5, 0.6) is 5.75 Å². The monoisotopic (exact) mass is 234 g/mol. The molecule has 92 valence electrons. The zero-order valence-electron chi connectivity index (χ0n) is 10.4. The predicted octanol–water partition coefficient (Wildman–Crippen LogP) is 1.53. The third kappa shape index (κ3) is 2.00. The Kier molecular flexibility index (Phi) is 3.33. The topological polar surface area (TPSA) is 41.6 Å². The molecule has 0 radical (unpaired) electrons. The van der Waals surface area contributed by atoms with Gasteiger partial charge in [0.1, 0.15) is 11.9 Å². The van der Waals surface area contributed by atoms with Gasteiger partial charge >= 0.3 is 0 Å². The van der Waals surface area contributed by atoms with Crippen molar-refractivity contribution < 1.29 is 9.53 Å². The highest BCUT2D eigenvalue weighted by Gasteiger charge is 2.37. The van der Waals surface area contributed by atoms with Gasteiger partial charge in [0.2, 0.25) is 5.91 Å². The average molecular weight is 234 g/mol. The van der Waals surface area contributed by atoms with Crippen LogP contribution in [0.4, 0.5) is 0 Å². The standard InChI is InChI=1S/C13H18N2O2/c1-4-10-13(16)15(2)12(14-10)9-7-5-6-8-11(9)17-3/h5-8,10,12,14H,4H2,1-3H3. The fraction of sp³-hybridized carbons (Fsp3) is 0.462. The molecule has 1 amide bonds. The molecule has 2 rings (SSSR count). The second-order valence-electron chi connectivity index (χ2n) is 4.22. The molecule has 4 nitrogen and oxygen atoms in total. The largest absolute Gasteiger partial charge is 0.496 e. The third-order valence-corrected chi connectivity index (χ3v) is 3.23. The van der Waals surface area contributed by atoms with Gasteiger partial charge in [-0.3, -0.25) is 10.1 Å². The van der Waals surface area contributed by atoms with Crippen molar-refractivity contribution in [3.05, 3.63) is 29.8 Å². The Bertz CT molecular complexity index is 420. The zero-order chi connectivity index (χ0) is 12.4. The van der Waals surface area contributed by atoms with Crippen LogP contribution in [0.2, 0.25) is 0 Å². The Labute approximate surface area is 102 Å². The predicted molar refractivity (Wildman–Crippen MR) is 65.7 cm³/mol. The molecule has 4 heteroatoms. The summed E-state index contributed by atoms with van der Waals surface area (Å²) in [7, 11) is 3.47. The molecule has 0 aliphatic carbocycles. The average Bonchev–Trinajstić information content (AvgIpc) is 2.66. The molecule has 1 N–H and O–H groups in total. The highest BCUT2D eigenvalue weighted by molar-refractivity contribution is 5.84. The first-order chi connectivity index (χ1) is 8.19. The minimum Gasteiger partial charge on any atom is -0.496 e. The lowest BCUT2D eigenvalue weighted by Crippen LogP contribution is -2.27. The summed E-state index contributed by atoms with van der Waals surface area (Å²) in [6, 6.07) is 7.69. The Balaban J connectivity index is 2.32. The molecule has 17 heavy (non-hydrogen) atoms. The molecule has 0 bridgehead atoms. The van der Waals surface area contributed by atoms with Crippen LogP contribution in [0.3, 0.4) is 0 Å². The molecule has 1 fully saturated rings. The maximum Gasteiger partial charge on any atom is 0.241 e. The lowest BCUT2D eigenvalue weighted by atomic mass is 10.1. The lowest BCUT2D eigenvalue weighted by molar-refractivity contribution is -0.128. The molecule has 2 atom stereocenters. The van der Waals surface area contributed by atoms with E-state index < -0.39 is 0 Å². The van der Waals surface area contributed by atoms with E-state index >= 15 is 0 Å². The Morgan fingerprint density at radius 1 is 1.41 bits per heavy atom. The Hall–Kier alpha value is -1.55. The van der Waals surface area contributed by atoms with E-state index in [1.165, 1.54) is 0 Å². The Morgan fingerprint density at radius 2 is 2.12 bits per heavy atom. The number of nitrogens with one attached hydrogen (secondary N) is 1. The van der Waals surface area contributed by atoms with Crippen LogP contribution in [0.25, 0.3) is 0 Å². The molecule has 1 aliphatic heterocycles. The number of methoxy groups -OCH3 is 1. The van der Waals surface area contributed by atoms with E-state index in [9.17, 15) is 4.79 Å². The molecule has 1 aromatic rings. The number of likely N-dealkylation sites (N-methyl/N-ethyl adjacent to an activating group) is 1. The number of benzene rings is 1. The molecule has 1 aromatic carbocycles. The minimum atomic E-state index is -0.0939. The summed E-state index contributed by atoms with van der Waals surface area (Å²) in [5.74, 6) is 0.949. The number of amides is 1. The van der Waals surface area contributed by atoms with Crippen molar-refractivity contribution in [3.63, 3.8) is 0 Å². The van der Waals surface area contributed by atoms with Gasteiger partial charge in [0.05, 0.1) is 13.2 Å². The highest BCUT2D eigenvalue weighted by Crippen LogP contribution is 2.31. The lowest BCUT2D eigenvalue weighted by Gasteiger charge is -2.21. The van der Waals surface area contributed by atoms with Crippen molar-refractivity contribution in [1.29, 1.82) is 0 Å². The van der Waals surface area contributed by atoms with E-state index in [2.05, 4.69) is 5.32 Å². The first-order valence-electron chi connectivity index (χ1n) is 5.84. The van der Waals surface area contributed by atoms with E-state index in [4.69, 9.17) is 4.74 Å². The highest BCUT2D eigenvalue weighted by atomic mass is 16.5. The van der Waals surface area contributed by atoms with Gasteiger partial charge in [0.15, 0.2) is 0 Å². The zero-order valence-corrected chi connectivity index (χ0v) is 10.4. The molecule has 0 spiro atoms. The quantitative estimate of drug-likeness (QED) is 0.862. The van der Waals surface area contributed by atoms with Crippen molar-refractivity contribution >= 4 is 5.91 Å². The minimum absolute atomic E-state index is 0.0880. The normalized spacial score (nSPS) is 24.2. The fourth-order valence-electron chi connectivity index (χ4n) is 2.23. The van der Waals surface area contributed by atoms with Crippen LogP contribution in [-0.4, -0.2) is 31.0 Å². The van der Waals surface area contributed by atoms with Crippen molar-refractivity contribution in [2.24, 2.45) is 0 Å². The van der Waals surface area contributed by atoms with E-state index in [1.54, 1.807) is 12.0 Å². The number of nitrogens with zero attached hydrogens (tertiary/aromatic N) is 1. The van der Waals surface area contributed by atoms with Crippen molar-refractivity contribution in [2.75, 3.05) is 14.2 Å². The molecule has 1 saturated heterocycles. The first kappa shape index (κ1) is 11.9. The van der Waals surface area contributed by atoms with Crippen LogP contribution < -0.4 is 10.1 Å². The number of carbonyl (C=O) groups is 1. The molecule has 0 saturated carbocycles. The van der Waals surface area contributed by atoms with Gasteiger partial charge in [-0.1, -0.05) is 25.1 Å². The second kappa shape index (κ2) is 4.75. The molecular formula is C13H18N2O2. The van der Waals surface area contributed by atoms with Gasteiger partial charge in [0.25, 0.3) is 0 Å². The van der Waals surface area contributed by atoms with Crippen LogP contribution in [0, 0.1) is 0 Å². The van der Waals surface area contributed by atoms with E-state index in [-0.39, 0.29) is 18.1 Å². The third-order valence-electron chi connectivity index (χ3n) is 3.23. The molecule has 1 aliphatic rings.